The van der Waals surface area contributed by atoms with E-state index in [2.05, 4.69) is 10.3 Å². The van der Waals surface area contributed by atoms with Crippen LogP contribution in [0.3, 0.4) is 0 Å². The summed E-state index contributed by atoms with van der Waals surface area (Å²) in [6.45, 7) is 3.19. The molecule has 0 radical (unpaired) electrons. The maximum Gasteiger partial charge on any atom is 0.325 e. The Morgan fingerprint density at radius 3 is 2.73 bits per heavy atom. The highest BCUT2D eigenvalue weighted by Gasteiger charge is 2.50. The van der Waals surface area contributed by atoms with Gasteiger partial charge >= 0.3 is 6.03 Å². The van der Waals surface area contributed by atoms with Crippen molar-refractivity contribution in [2.45, 2.75) is 19.4 Å². The molecule has 1 fully saturated rings. The van der Waals surface area contributed by atoms with E-state index in [0.717, 1.165) is 15.8 Å². The molecule has 0 unspecified atom stereocenters. The van der Waals surface area contributed by atoms with Crippen LogP contribution in [-0.4, -0.2) is 40.9 Å². The second-order valence-electron chi connectivity index (χ2n) is 7.61. The van der Waals surface area contributed by atoms with Crippen LogP contribution in [0.4, 0.5) is 4.79 Å². The molecule has 8 nitrogen and oxygen atoms in total. The maximum atomic E-state index is 13.2. The molecule has 30 heavy (non-hydrogen) atoms. The van der Waals surface area contributed by atoms with Crippen LogP contribution in [-0.2, 0) is 10.3 Å². The molecule has 3 heterocycles. The SMILES string of the molecule is Cc1[nH]c2ccccc2c1C(=O)CN1C(=O)N[C@@](C)(c2ccc3c(c2)OCO3)C1=O. The van der Waals surface area contributed by atoms with Gasteiger partial charge in [-0.05, 0) is 37.6 Å². The van der Waals surface area contributed by atoms with Gasteiger partial charge in [0.25, 0.3) is 5.91 Å². The standard InChI is InChI=1S/C22H19N3O5/c1-12-19(14-5-3-4-6-15(14)23-12)16(26)10-25-20(27)22(2,24-21(25)28)13-7-8-17-18(9-13)30-11-29-17/h3-9,23H,10-11H2,1-2H3,(H,24,28)/t22-/m0/s1. The molecule has 5 rings (SSSR count). The first-order valence-corrected chi connectivity index (χ1v) is 9.53. The third kappa shape index (κ3) is 2.57. The van der Waals surface area contributed by atoms with Gasteiger partial charge in [0.2, 0.25) is 6.79 Å². The number of nitrogens with one attached hydrogen (secondary N) is 2. The van der Waals surface area contributed by atoms with Gasteiger partial charge in [-0.3, -0.25) is 14.5 Å². The van der Waals surface area contributed by atoms with Gasteiger partial charge in [0.05, 0.1) is 6.54 Å². The smallest absolute Gasteiger partial charge is 0.325 e. The van der Waals surface area contributed by atoms with E-state index in [0.29, 0.717) is 28.3 Å². The predicted molar refractivity (Wildman–Crippen MR) is 108 cm³/mol. The maximum absolute atomic E-state index is 13.2. The lowest BCUT2D eigenvalue weighted by molar-refractivity contribution is -0.130. The molecule has 2 aromatic carbocycles. The number of hydrogen-bond acceptors (Lipinski definition) is 5. The fourth-order valence-electron chi connectivity index (χ4n) is 4.10. The molecule has 2 aliphatic rings. The average molecular weight is 405 g/mol. The Labute approximate surface area is 171 Å². The summed E-state index contributed by atoms with van der Waals surface area (Å²) >= 11 is 0. The van der Waals surface area contributed by atoms with E-state index in [9.17, 15) is 14.4 Å². The molecule has 1 atom stereocenters. The molecular formula is C22H19N3O5. The Balaban J connectivity index is 1.44. The number of aryl methyl sites for hydroxylation is 1. The highest BCUT2D eigenvalue weighted by molar-refractivity contribution is 6.15. The molecule has 3 amide bonds. The second-order valence-corrected chi connectivity index (χ2v) is 7.61. The Morgan fingerprint density at radius 2 is 1.90 bits per heavy atom. The summed E-state index contributed by atoms with van der Waals surface area (Å²) < 4.78 is 10.7. The highest BCUT2D eigenvalue weighted by Crippen LogP contribution is 2.38. The van der Waals surface area contributed by atoms with Gasteiger partial charge in [-0.2, -0.15) is 0 Å². The van der Waals surface area contributed by atoms with E-state index < -0.39 is 17.5 Å². The summed E-state index contributed by atoms with van der Waals surface area (Å²) in [6.07, 6.45) is 0. The number of aromatic nitrogens is 1. The Kier molecular flexibility index (Phi) is 3.86. The van der Waals surface area contributed by atoms with Gasteiger partial charge in [-0.15, -0.1) is 0 Å². The lowest BCUT2D eigenvalue weighted by Gasteiger charge is -2.22. The highest BCUT2D eigenvalue weighted by atomic mass is 16.7. The van der Waals surface area contributed by atoms with Gasteiger partial charge in [-0.1, -0.05) is 24.3 Å². The van der Waals surface area contributed by atoms with Crippen LogP contribution >= 0.6 is 0 Å². The minimum absolute atomic E-state index is 0.112. The first-order chi connectivity index (χ1) is 14.4. The van der Waals surface area contributed by atoms with E-state index in [4.69, 9.17) is 9.47 Å². The number of amides is 3. The molecule has 3 aromatic rings. The van der Waals surface area contributed by atoms with Gasteiger partial charge in [0, 0.05) is 22.2 Å². The zero-order valence-corrected chi connectivity index (χ0v) is 16.4. The fraction of sp³-hybridized carbons (Fsp3) is 0.227. The summed E-state index contributed by atoms with van der Waals surface area (Å²) in [4.78, 5) is 43.0. The van der Waals surface area contributed by atoms with E-state index in [1.165, 1.54) is 0 Å². The number of carbonyl (C=O) groups is 3. The third-order valence-corrected chi connectivity index (χ3v) is 5.70. The quantitative estimate of drug-likeness (QED) is 0.514. The molecular weight excluding hydrogens is 386 g/mol. The van der Waals surface area contributed by atoms with Crippen molar-refractivity contribution in [1.29, 1.82) is 0 Å². The lowest BCUT2D eigenvalue weighted by Crippen LogP contribution is -2.41. The summed E-state index contributed by atoms with van der Waals surface area (Å²) in [5, 5.41) is 3.49. The number of H-pyrrole nitrogens is 1. The molecule has 0 aliphatic carbocycles. The minimum Gasteiger partial charge on any atom is -0.454 e. The Morgan fingerprint density at radius 1 is 1.13 bits per heavy atom. The van der Waals surface area contributed by atoms with Crippen LogP contribution < -0.4 is 14.8 Å². The molecule has 8 heteroatoms. The van der Waals surface area contributed by atoms with Gasteiger partial charge in [0.15, 0.2) is 17.3 Å². The van der Waals surface area contributed by atoms with E-state index >= 15 is 0 Å². The zero-order valence-electron chi connectivity index (χ0n) is 16.4. The minimum atomic E-state index is -1.30. The van der Waals surface area contributed by atoms with Crippen LogP contribution in [0.2, 0.25) is 0 Å². The monoisotopic (exact) mass is 405 g/mol. The molecule has 0 spiro atoms. The van der Waals surface area contributed by atoms with Crippen LogP contribution in [0.5, 0.6) is 11.5 Å². The fourth-order valence-corrected chi connectivity index (χ4v) is 4.10. The molecule has 1 saturated heterocycles. The van der Waals surface area contributed by atoms with Crippen LogP contribution in [0.15, 0.2) is 42.5 Å². The normalized spacial score (nSPS) is 20.1. The average Bonchev–Trinajstić information content (AvgIpc) is 3.38. The largest absolute Gasteiger partial charge is 0.454 e. The number of fused-ring (bicyclic) bond motifs is 2. The van der Waals surface area contributed by atoms with Gasteiger partial charge in [0.1, 0.15) is 5.54 Å². The van der Waals surface area contributed by atoms with Crippen molar-refractivity contribution in [2.24, 2.45) is 0 Å². The summed E-state index contributed by atoms with van der Waals surface area (Å²) in [6, 6.07) is 11.9. The van der Waals surface area contributed by atoms with Gasteiger partial charge < -0.3 is 19.8 Å². The number of ether oxygens (including phenoxy) is 2. The van der Waals surface area contributed by atoms with Crippen molar-refractivity contribution in [3.05, 3.63) is 59.3 Å². The number of urea groups is 1. The molecule has 152 valence electrons. The number of carbonyl (C=O) groups excluding carboxylic acids is 3. The molecule has 0 bridgehead atoms. The van der Waals surface area contributed by atoms with Crippen LogP contribution in [0.25, 0.3) is 10.9 Å². The van der Waals surface area contributed by atoms with E-state index in [1.807, 2.05) is 24.3 Å². The van der Waals surface area contributed by atoms with Crippen molar-refractivity contribution in [3.63, 3.8) is 0 Å². The Hall–Kier alpha value is -3.81. The first-order valence-electron chi connectivity index (χ1n) is 9.53. The molecule has 2 aliphatic heterocycles. The van der Waals surface area contributed by atoms with Crippen molar-refractivity contribution in [1.82, 2.24) is 15.2 Å². The third-order valence-electron chi connectivity index (χ3n) is 5.70. The number of Topliss-reactive ketones (excluding diaryl/α,β-unsaturated/α-hetero) is 1. The van der Waals surface area contributed by atoms with E-state index in [1.54, 1.807) is 32.0 Å². The Bertz CT molecular complexity index is 1230. The van der Waals surface area contributed by atoms with Crippen molar-refractivity contribution in [2.75, 3.05) is 13.3 Å². The number of hydrogen-bond donors (Lipinski definition) is 2. The second kappa shape index (κ2) is 6.35. The number of para-hydroxylation sites is 1. The van der Waals surface area contributed by atoms with Crippen molar-refractivity contribution >= 4 is 28.6 Å². The summed E-state index contributed by atoms with van der Waals surface area (Å²) in [5.74, 6) is 0.307. The molecule has 0 saturated carbocycles. The van der Waals surface area contributed by atoms with Crippen molar-refractivity contribution < 1.29 is 23.9 Å². The number of rotatable bonds is 4. The predicted octanol–water partition coefficient (Wildman–Crippen LogP) is 2.85. The topological polar surface area (TPSA) is 101 Å². The van der Waals surface area contributed by atoms with Crippen molar-refractivity contribution in [3.8, 4) is 11.5 Å². The number of aromatic amines is 1. The first kappa shape index (κ1) is 18.2. The summed E-state index contributed by atoms with van der Waals surface area (Å²) in [5.41, 5.74) is 1.28. The van der Waals surface area contributed by atoms with E-state index in [-0.39, 0.29) is 19.1 Å². The van der Waals surface area contributed by atoms with Gasteiger partial charge in [-0.25, -0.2) is 4.79 Å². The molecule has 1 aromatic heterocycles. The number of benzene rings is 2. The van der Waals surface area contributed by atoms with Crippen LogP contribution in [0, 0.1) is 6.92 Å². The number of ketones is 1. The number of nitrogens with zero attached hydrogens (tertiary/aromatic N) is 1. The summed E-state index contributed by atoms with van der Waals surface area (Å²) in [7, 11) is 0. The number of imide groups is 1. The lowest BCUT2D eigenvalue weighted by atomic mass is 9.91. The molecule has 2 N–H and O–H groups in total. The zero-order chi connectivity index (χ0) is 21.0. The van der Waals surface area contributed by atoms with Crippen LogP contribution in [0.1, 0.15) is 28.5 Å².